The van der Waals surface area contributed by atoms with Crippen LogP contribution in [-0.4, -0.2) is 16.4 Å². The highest BCUT2D eigenvalue weighted by molar-refractivity contribution is 6.30. The van der Waals surface area contributed by atoms with E-state index in [0.717, 1.165) is 12.2 Å². The van der Waals surface area contributed by atoms with Crippen molar-refractivity contribution in [2.45, 2.75) is 26.6 Å². The van der Waals surface area contributed by atoms with Crippen molar-refractivity contribution in [3.05, 3.63) is 41.2 Å². The number of aromatic nitrogens is 2. The van der Waals surface area contributed by atoms with Gasteiger partial charge in [0.2, 0.25) is 0 Å². The molecule has 0 unspecified atom stereocenters. The Hall–Kier alpha value is -1.82. The van der Waals surface area contributed by atoms with E-state index < -0.39 is 6.61 Å². The van der Waals surface area contributed by atoms with E-state index >= 15 is 0 Å². The maximum atomic E-state index is 12.3. The number of hydrogen-bond acceptors (Lipinski definition) is 3. The van der Waals surface area contributed by atoms with Gasteiger partial charge in [0.25, 0.3) is 0 Å². The van der Waals surface area contributed by atoms with Crippen LogP contribution in [-0.2, 0) is 13.1 Å². The van der Waals surface area contributed by atoms with Crippen molar-refractivity contribution in [1.29, 1.82) is 0 Å². The second-order valence-electron chi connectivity index (χ2n) is 4.07. The molecule has 0 spiro atoms. The molecule has 0 atom stereocenters. The zero-order valence-corrected chi connectivity index (χ0v) is 11.6. The third-order valence-electron chi connectivity index (χ3n) is 2.68. The SMILES string of the molecule is CCn1cc(NCc2cc(Cl)ccc2OC(F)F)cn1. The molecule has 0 aliphatic heterocycles. The van der Waals surface area contributed by atoms with Crippen molar-refractivity contribution in [2.75, 3.05) is 5.32 Å². The van der Waals surface area contributed by atoms with Crippen molar-refractivity contribution < 1.29 is 13.5 Å². The first-order valence-electron chi connectivity index (χ1n) is 6.08. The van der Waals surface area contributed by atoms with Crippen LogP contribution in [0, 0.1) is 0 Å². The van der Waals surface area contributed by atoms with Gasteiger partial charge in [-0.05, 0) is 25.1 Å². The zero-order valence-electron chi connectivity index (χ0n) is 10.8. The minimum atomic E-state index is -2.86. The second-order valence-corrected chi connectivity index (χ2v) is 4.51. The van der Waals surface area contributed by atoms with Crippen LogP contribution in [0.1, 0.15) is 12.5 Å². The Kier molecular flexibility index (Phi) is 4.79. The molecule has 0 radical (unpaired) electrons. The highest BCUT2D eigenvalue weighted by atomic mass is 35.5. The molecule has 0 amide bonds. The van der Waals surface area contributed by atoms with Gasteiger partial charge < -0.3 is 10.1 Å². The molecule has 0 fully saturated rings. The van der Waals surface area contributed by atoms with E-state index in [1.165, 1.54) is 12.1 Å². The number of halogens is 3. The third-order valence-corrected chi connectivity index (χ3v) is 2.91. The summed E-state index contributed by atoms with van der Waals surface area (Å²) in [7, 11) is 0. The average molecular weight is 302 g/mol. The molecule has 7 heteroatoms. The fourth-order valence-electron chi connectivity index (χ4n) is 1.72. The zero-order chi connectivity index (χ0) is 14.5. The van der Waals surface area contributed by atoms with Crippen LogP contribution in [0.4, 0.5) is 14.5 Å². The lowest BCUT2D eigenvalue weighted by Crippen LogP contribution is -2.07. The first kappa shape index (κ1) is 14.6. The van der Waals surface area contributed by atoms with E-state index in [1.54, 1.807) is 16.9 Å². The standard InChI is InChI=1S/C13H14ClF2N3O/c1-2-19-8-11(7-18-19)17-6-9-5-10(14)3-4-12(9)20-13(15)16/h3-5,7-8,13,17H,2,6H2,1H3. The largest absolute Gasteiger partial charge is 0.434 e. The fraction of sp³-hybridized carbons (Fsp3) is 0.308. The van der Waals surface area contributed by atoms with Gasteiger partial charge >= 0.3 is 6.61 Å². The first-order valence-corrected chi connectivity index (χ1v) is 6.46. The van der Waals surface area contributed by atoms with Gasteiger partial charge in [0.15, 0.2) is 0 Å². The number of ether oxygens (including phenoxy) is 1. The Morgan fingerprint density at radius 1 is 1.45 bits per heavy atom. The van der Waals surface area contributed by atoms with Crippen molar-refractivity contribution in [3.8, 4) is 5.75 Å². The van der Waals surface area contributed by atoms with Gasteiger partial charge in [-0.3, -0.25) is 4.68 Å². The summed E-state index contributed by atoms with van der Waals surface area (Å²) in [6, 6.07) is 4.54. The van der Waals surface area contributed by atoms with Crippen LogP contribution < -0.4 is 10.1 Å². The van der Waals surface area contributed by atoms with Crippen molar-refractivity contribution >= 4 is 17.3 Å². The molecular weight excluding hydrogens is 288 g/mol. The van der Waals surface area contributed by atoms with Gasteiger partial charge in [-0.25, -0.2) is 0 Å². The third kappa shape index (κ3) is 3.84. The first-order chi connectivity index (χ1) is 9.58. The summed E-state index contributed by atoms with van der Waals surface area (Å²) in [5.74, 6) is 0.111. The van der Waals surface area contributed by atoms with Crippen LogP contribution in [0.3, 0.4) is 0 Å². The molecule has 1 aromatic heterocycles. The number of alkyl halides is 2. The number of aryl methyl sites for hydroxylation is 1. The van der Waals surface area contributed by atoms with E-state index in [4.69, 9.17) is 11.6 Å². The summed E-state index contributed by atoms with van der Waals surface area (Å²) in [5, 5.41) is 7.67. The van der Waals surface area contributed by atoms with Gasteiger partial charge in [-0.2, -0.15) is 13.9 Å². The van der Waals surface area contributed by atoms with E-state index in [-0.39, 0.29) is 5.75 Å². The highest BCUT2D eigenvalue weighted by Crippen LogP contribution is 2.25. The predicted octanol–water partition coefficient (Wildman–Crippen LogP) is 3.77. The number of nitrogens with zero attached hydrogens (tertiary/aromatic N) is 2. The van der Waals surface area contributed by atoms with Gasteiger partial charge in [-0.1, -0.05) is 11.6 Å². The Bertz CT molecular complexity index is 574. The lowest BCUT2D eigenvalue weighted by atomic mass is 10.2. The second kappa shape index (κ2) is 6.56. The van der Waals surface area contributed by atoms with Crippen LogP contribution in [0.5, 0.6) is 5.75 Å². The van der Waals surface area contributed by atoms with E-state index in [2.05, 4.69) is 15.2 Å². The maximum Gasteiger partial charge on any atom is 0.387 e. The molecule has 0 saturated carbocycles. The van der Waals surface area contributed by atoms with E-state index in [9.17, 15) is 8.78 Å². The molecule has 0 saturated heterocycles. The molecule has 1 N–H and O–H groups in total. The Morgan fingerprint density at radius 3 is 2.90 bits per heavy atom. The molecule has 0 bridgehead atoms. The Morgan fingerprint density at radius 2 is 2.25 bits per heavy atom. The molecule has 1 heterocycles. The summed E-state index contributed by atoms with van der Waals surface area (Å²) in [5.41, 5.74) is 1.36. The van der Waals surface area contributed by atoms with Gasteiger partial charge in [0.1, 0.15) is 5.75 Å². The van der Waals surface area contributed by atoms with E-state index in [1.807, 2.05) is 13.1 Å². The molecule has 2 aromatic rings. The van der Waals surface area contributed by atoms with Crippen molar-refractivity contribution in [3.63, 3.8) is 0 Å². The topological polar surface area (TPSA) is 39.1 Å². The summed E-state index contributed by atoms with van der Waals surface area (Å²) in [4.78, 5) is 0. The number of nitrogens with one attached hydrogen (secondary N) is 1. The molecule has 1 aromatic carbocycles. The van der Waals surface area contributed by atoms with Crippen molar-refractivity contribution in [1.82, 2.24) is 9.78 Å². The summed E-state index contributed by atoms with van der Waals surface area (Å²) >= 11 is 5.87. The Labute approximate surface area is 120 Å². The lowest BCUT2D eigenvalue weighted by Gasteiger charge is -2.11. The summed E-state index contributed by atoms with van der Waals surface area (Å²) < 4.78 is 30.9. The highest BCUT2D eigenvalue weighted by Gasteiger charge is 2.10. The van der Waals surface area contributed by atoms with Gasteiger partial charge in [-0.15, -0.1) is 0 Å². The molecule has 2 rings (SSSR count). The molecule has 0 aliphatic carbocycles. The number of benzene rings is 1. The number of rotatable bonds is 6. The molecule has 108 valence electrons. The van der Waals surface area contributed by atoms with Crippen molar-refractivity contribution in [2.24, 2.45) is 0 Å². The minimum absolute atomic E-state index is 0.111. The fourth-order valence-corrected chi connectivity index (χ4v) is 1.92. The molecule has 0 aliphatic rings. The number of anilines is 1. The molecule has 4 nitrogen and oxygen atoms in total. The number of hydrogen-bond donors (Lipinski definition) is 1. The van der Waals surface area contributed by atoms with E-state index in [0.29, 0.717) is 17.1 Å². The molecule has 20 heavy (non-hydrogen) atoms. The van der Waals surface area contributed by atoms with Crippen LogP contribution in [0.2, 0.25) is 5.02 Å². The van der Waals surface area contributed by atoms with Crippen LogP contribution in [0.15, 0.2) is 30.6 Å². The average Bonchev–Trinajstić information content (AvgIpc) is 2.86. The Balaban J connectivity index is 2.09. The minimum Gasteiger partial charge on any atom is -0.434 e. The van der Waals surface area contributed by atoms with Gasteiger partial charge in [0.05, 0.1) is 11.9 Å². The maximum absolute atomic E-state index is 12.3. The summed E-state index contributed by atoms with van der Waals surface area (Å²) in [6.07, 6.45) is 3.50. The summed E-state index contributed by atoms with van der Waals surface area (Å²) in [6.45, 7) is 0.191. The van der Waals surface area contributed by atoms with Gasteiger partial charge in [0, 0.05) is 29.9 Å². The normalized spacial score (nSPS) is 10.8. The lowest BCUT2D eigenvalue weighted by molar-refractivity contribution is -0.0504. The quantitative estimate of drug-likeness (QED) is 0.883. The predicted molar refractivity (Wildman–Crippen MR) is 73.3 cm³/mol. The van der Waals surface area contributed by atoms with Crippen LogP contribution in [0.25, 0.3) is 0 Å². The monoisotopic (exact) mass is 301 g/mol. The smallest absolute Gasteiger partial charge is 0.387 e. The molecular formula is C13H14ClF2N3O. The van der Waals surface area contributed by atoms with Crippen LogP contribution >= 0.6 is 11.6 Å².